The predicted octanol–water partition coefficient (Wildman–Crippen LogP) is 4.31. The molecule has 0 spiro atoms. The van der Waals surface area contributed by atoms with E-state index >= 15 is 0 Å². The molecule has 0 aromatic heterocycles. The van der Waals surface area contributed by atoms with Crippen LogP contribution in [0.2, 0.25) is 0 Å². The van der Waals surface area contributed by atoms with Gasteiger partial charge in [0, 0.05) is 0 Å². The first-order valence-corrected chi connectivity index (χ1v) is 9.00. The Morgan fingerprint density at radius 1 is 0.950 bits per heavy atom. The van der Waals surface area contributed by atoms with E-state index in [1.54, 1.807) is 19.1 Å². The highest BCUT2D eigenvalue weighted by Crippen LogP contribution is 2.20. The van der Waals surface area contributed by atoms with Crippen molar-refractivity contribution in [1.82, 2.24) is 0 Å². The molecule has 0 saturated heterocycles. The van der Waals surface area contributed by atoms with Crippen molar-refractivity contribution < 1.29 is 12.6 Å². The molecule has 20 heavy (non-hydrogen) atoms. The number of benzene rings is 1. The molecule has 0 aliphatic rings. The summed E-state index contributed by atoms with van der Waals surface area (Å²) in [6, 6.07) is 7.16. The third-order valence-electron chi connectivity index (χ3n) is 3.31. The lowest BCUT2D eigenvalue weighted by Crippen LogP contribution is -2.09. The molecule has 114 valence electrons. The molecule has 4 heteroatoms. The van der Waals surface area contributed by atoms with Crippen LogP contribution in [-0.4, -0.2) is 15.0 Å². The highest BCUT2D eigenvalue weighted by molar-refractivity contribution is 7.86. The zero-order chi connectivity index (χ0) is 14.8. The molecule has 0 bridgehead atoms. The van der Waals surface area contributed by atoms with Crippen molar-refractivity contribution >= 4 is 10.1 Å². The van der Waals surface area contributed by atoms with Crippen LogP contribution in [0.4, 0.5) is 0 Å². The molecule has 0 N–H and O–H groups in total. The van der Waals surface area contributed by atoms with Gasteiger partial charge in [0.25, 0.3) is 10.1 Å². The number of rotatable bonds is 10. The summed E-state index contributed by atoms with van der Waals surface area (Å²) in [6.45, 7) is 4.07. The van der Waals surface area contributed by atoms with E-state index in [0.29, 0.717) is 4.90 Å². The maximum atomic E-state index is 12.0. The zero-order valence-electron chi connectivity index (χ0n) is 12.6. The summed E-state index contributed by atoms with van der Waals surface area (Å²) in [7, 11) is -3.59. The summed E-state index contributed by atoms with van der Waals surface area (Å²) in [5, 5.41) is 0. The smallest absolute Gasteiger partial charge is 0.267 e. The fourth-order valence-corrected chi connectivity index (χ4v) is 3.44. The van der Waals surface area contributed by atoms with Gasteiger partial charge in [0.15, 0.2) is 0 Å². The van der Waals surface area contributed by atoms with Crippen molar-refractivity contribution in [3.63, 3.8) is 0 Å². The van der Waals surface area contributed by atoms with Crippen LogP contribution in [0.3, 0.4) is 0 Å². The molecule has 1 rings (SSSR count). The Kier molecular flexibility index (Phi) is 7.85. The second kappa shape index (κ2) is 9.14. The third-order valence-corrected chi connectivity index (χ3v) is 4.80. The van der Waals surface area contributed by atoms with Crippen LogP contribution in [0.1, 0.15) is 57.9 Å². The molecule has 0 saturated carbocycles. The van der Waals surface area contributed by atoms with Crippen molar-refractivity contribution in [3.05, 3.63) is 29.8 Å². The lowest BCUT2D eigenvalue weighted by Gasteiger charge is -2.09. The van der Waals surface area contributed by atoms with Gasteiger partial charge in [-0.15, -0.1) is 0 Å². The zero-order valence-corrected chi connectivity index (χ0v) is 13.4. The van der Waals surface area contributed by atoms with E-state index < -0.39 is 10.1 Å². The van der Waals surface area contributed by atoms with Crippen molar-refractivity contribution in [1.29, 1.82) is 0 Å². The molecule has 1 aromatic carbocycles. The molecule has 0 aliphatic heterocycles. The normalized spacial score (nSPS) is 11.7. The van der Waals surface area contributed by atoms with Crippen LogP contribution in [0.5, 0.6) is 0 Å². The summed E-state index contributed by atoms with van der Waals surface area (Å²) in [6.07, 6.45) is 8.02. The standard InChI is InChI=1S/C16H26O3S/c1-3-5-6-7-8-9-12-15-13-10-11-14-16(15)20(17,18)19-4-2/h10-11,13-14H,3-9,12H2,1-2H3. The van der Waals surface area contributed by atoms with Gasteiger partial charge in [-0.2, -0.15) is 8.42 Å². The van der Waals surface area contributed by atoms with E-state index in [1.807, 2.05) is 12.1 Å². The summed E-state index contributed by atoms with van der Waals surface area (Å²) in [5.74, 6) is 0. The maximum Gasteiger partial charge on any atom is 0.297 e. The summed E-state index contributed by atoms with van der Waals surface area (Å²) in [5.41, 5.74) is 0.872. The van der Waals surface area contributed by atoms with E-state index in [4.69, 9.17) is 4.18 Å². The molecule has 0 atom stereocenters. The quantitative estimate of drug-likeness (QED) is 0.477. The third kappa shape index (κ3) is 5.63. The van der Waals surface area contributed by atoms with Crippen molar-refractivity contribution in [2.75, 3.05) is 6.61 Å². The van der Waals surface area contributed by atoms with Crippen LogP contribution in [0.25, 0.3) is 0 Å². The molecule has 0 heterocycles. The van der Waals surface area contributed by atoms with Crippen LogP contribution < -0.4 is 0 Å². The minimum absolute atomic E-state index is 0.174. The Bertz CT molecular complexity index is 480. The van der Waals surface area contributed by atoms with Gasteiger partial charge in [-0.25, -0.2) is 0 Å². The summed E-state index contributed by atoms with van der Waals surface area (Å²) < 4.78 is 28.9. The van der Waals surface area contributed by atoms with Crippen LogP contribution in [-0.2, 0) is 20.7 Å². The molecular formula is C16H26O3S. The van der Waals surface area contributed by atoms with Crippen molar-refractivity contribution in [2.24, 2.45) is 0 Å². The summed E-state index contributed by atoms with van der Waals surface area (Å²) >= 11 is 0. The molecule has 1 aromatic rings. The first-order valence-electron chi connectivity index (χ1n) is 7.59. The van der Waals surface area contributed by atoms with Crippen molar-refractivity contribution in [3.8, 4) is 0 Å². The molecule has 3 nitrogen and oxygen atoms in total. The fourth-order valence-electron chi connectivity index (χ4n) is 2.27. The largest absolute Gasteiger partial charge is 0.297 e. The minimum atomic E-state index is -3.59. The van der Waals surface area contributed by atoms with E-state index in [9.17, 15) is 8.42 Å². The fraction of sp³-hybridized carbons (Fsp3) is 0.625. The van der Waals surface area contributed by atoms with E-state index in [0.717, 1.165) is 24.8 Å². The lowest BCUT2D eigenvalue weighted by atomic mass is 10.1. The first-order chi connectivity index (χ1) is 9.61. The number of hydrogen-bond donors (Lipinski definition) is 0. The van der Waals surface area contributed by atoms with E-state index in [2.05, 4.69) is 6.92 Å². The van der Waals surface area contributed by atoms with Gasteiger partial charge in [-0.1, -0.05) is 57.2 Å². The summed E-state index contributed by atoms with van der Waals surface area (Å²) in [4.78, 5) is 0.329. The van der Waals surface area contributed by atoms with Gasteiger partial charge in [0.1, 0.15) is 0 Å². The Labute approximate surface area is 123 Å². The number of aryl methyl sites for hydroxylation is 1. The SMILES string of the molecule is CCCCCCCCc1ccccc1S(=O)(=O)OCC. The molecular weight excluding hydrogens is 272 g/mol. The van der Waals surface area contributed by atoms with Crippen molar-refractivity contribution in [2.45, 2.75) is 63.7 Å². The second-order valence-electron chi connectivity index (χ2n) is 4.99. The molecule has 0 amide bonds. The molecule has 0 radical (unpaired) electrons. The van der Waals surface area contributed by atoms with Gasteiger partial charge < -0.3 is 0 Å². The van der Waals surface area contributed by atoms with E-state index in [1.165, 1.54) is 25.7 Å². The number of unbranched alkanes of at least 4 members (excludes halogenated alkanes) is 5. The molecule has 0 aliphatic carbocycles. The highest BCUT2D eigenvalue weighted by atomic mass is 32.2. The average Bonchev–Trinajstić information content (AvgIpc) is 2.43. The average molecular weight is 298 g/mol. The Hall–Kier alpha value is -0.870. The minimum Gasteiger partial charge on any atom is -0.267 e. The lowest BCUT2D eigenvalue weighted by molar-refractivity contribution is 0.337. The van der Waals surface area contributed by atoms with E-state index in [-0.39, 0.29) is 6.61 Å². The van der Waals surface area contributed by atoms with Crippen LogP contribution in [0, 0.1) is 0 Å². The van der Waals surface area contributed by atoms with Gasteiger partial charge >= 0.3 is 0 Å². The van der Waals surface area contributed by atoms with Gasteiger partial charge in [0.2, 0.25) is 0 Å². The maximum absolute atomic E-state index is 12.0. The number of hydrogen-bond acceptors (Lipinski definition) is 3. The topological polar surface area (TPSA) is 43.4 Å². The van der Waals surface area contributed by atoms with Gasteiger partial charge in [0.05, 0.1) is 11.5 Å². The van der Waals surface area contributed by atoms with Gasteiger partial charge in [-0.05, 0) is 31.4 Å². The molecule has 0 fully saturated rings. The Morgan fingerprint density at radius 2 is 1.60 bits per heavy atom. The monoisotopic (exact) mass is 298 g/mol. The van der Waals surface area contributed by atoms with Gasteiger partial charge in [-0.3, -0.25) is 4.18 Å². The Morgan fingerprint density at radius 3 is 2.30 bits per heavy atom. The predicted molar refractivity (Wildman–Crippen MR) is 82.3 cm³/mol. The highest BCUT2D eigenvalue weighted by Gasteiger charge is 2.17. The first kappa shape index (κ1) is 17.2. The second-order valence-corrected chi connectivity index (χ2v) is 6.57. The molecule has 0 unspecified atom stereocenters. The Balaban J connectivity index is 2.58. The van der Waals surface area contributed by atoms with Crippen LogP contribution in [0.15, 0.2) is 29.2 Å². The van der Waals surface area contributed by atoms with Crippen LogP contribution >= 0.6 is 0 Å².